The first kappa shape index (κ1) is 13.5. The van der Waals surface area contributed by atoms with E-state index in [0.29, 0.717) is 6.54 Å². The van der Waals surface area contributed by atoms with Crippen LogP contribution in [0.25, 0.3) is 0 Å². The maximum absolute atomic E-state index is 11.3. The zero-order chi connectivity index (χ0) is 12.8. The molecule has 1 unspecified atom stereocenters. The number of carbonyl (C=O) groups excluding carboxylic acids is 1. The Morgan fingerprint density at radius 3 is 2.59 bits per heavy atom. The minimum Gasteiger partial charge on any atom is -0.399 e. The topological polar surface area (TPSA) is 72.4 Å². The van der Waals surface area contributed by atoms with Crippen molar-refractivity contribution in [2.24, 2.45) is 5.73 Å². The average Bonchev–Trinajstić information content (AvgIpc) is 2.28. The van der Waals surface area contributed by atoms with Gasteiger partial charge >= 0.3 is 0 Å². The minimum atomic E-state index is -0.266. The van der Waals surface area contributed by atoms with Crippen LogP contribution in [0.2, 0.25) is 0 Å². The van der Waals surface area contributed by atoms with Crippen molar-refractivity contribution in [1.29, 1.82) is 0 Å². The van der Waals surface area contributed by atoms with E-state index in [-0.39, 0.29) is 11.9 Å². The van der Waals surface area contributed by atoms with Crippen LogP contribution in [0, 0.1) is 0 Å². The van der Waals surface area contributed by atoms with Crippen molar-refractivity contribution < 1.29 is 4.79 Å². The van der Waals surface area contributed by atoms with Crippen molar-refractivity contribution in [2.45, 2.75) is 32.9 Å². The third kappa shape index (κ3) is 3.75. The second-order valence-corrected chi connectivity index (χ2v) is 4.13. The molecule has 1 atom stereocenters. The molecule has 1 amide bonds. The quantitative estimate of drug-likeness (QED) is 0.731. The second-order valence-electron chi connectivity index (χ2n) is 4.13. The monoisotopic (exact) mass is 235 g/mol. The summed E-state index contributed by atoms with van der Waals surface area (Å²) in [4.78, 5) is 13.4. The van der Waals surface area contributed by atoms with Gasteiger partial charge in [-0.1, -0.05) is 26.0 Å². The Morgan fingerprint density at radius 1 is 1.41 bits per heavy atom. The van der Waals surface area contributed by atoms with Crippen LogP contribution in [-0.4, -0.2) is 23.4 Å². The number of nitrogens with zero attached hydrogens (tertiary/aromatic N) is 1. The summed E-state index contributed by atoms with van der Waals surface area (Å²) in [5.74, 6) is -0.266. The summed E-state index contributed by atoms with van der Waals surface area (Å²) in [6.07, 6.45) is 0.728. The highest BCUT2D eigenvalue weighted by molar-refractivity contribution is 5.79. The fraction of sp³-hybridized carbons (Fsp3) is 0.462. The molecular formula is C13H21N3O. The number of nitrogens with two attached hydrogens (primary N) is 2. The number of likely N-dealkylation sites (N-methyl/N-ethyl adjacent to an activating group) is 1. The van der Waals surface area contributed by atoms with Gasteiger partial charge in [-0.25, -0.2) is 0 Å². The van der Waals surface area contributed by atoms with Gasteiger partial charge in [0.2, 0.25) is 5.91 Å². The van der Waals surface area contributed by atoms with Gasteiger partial charge < -0.3 is 11.5 Å². The molecule has 0 heterocycles. The van der Waals surface area contributed by atoms with E-state index < -0.39 is 0 Å². The van der Waals surface area contributed by atoms with Crippen molar-refractivity contribution in [3.63, 3.8) is 0 Å². The Balaban J connectivity index is 2.79. The molecule has 1 aromatic carbocycles. The van der Waals surface area contributed by atoms with Gasteiger partial charge in [0.25, 0.3) is 0 Å². The lowest BCUT2D eigenvalue weighted by Crippen LogP contribution is -2.43. The molecule has 1 rings (SSSR count). The number of hydrogen-bond donors (Lipinski definition) is 2. The van der Waals surface area contributed by atoms with Crippen molar-refractivity contribution in [3.05, 3.63) is 29.8 Å². The molecule has 4 N–H and O–H groups in total. The number of rotatable bonds is 6. The molecule has 0 aliphatic heterocycles. The molecule has 4 heteroatoms. The molecule has 0 aromatic heterocycles. The minimum absolute atomic E-state index is 0.207. The van der Waals surface area contributed by atoms with E-state index in [1.807, 2.05) is 38.1 Å². The van der Waals surface area contributed by atoms with Crippen molar-refractivity contribution in [1.82, 2.24) is 4.90 Å². The van der Waals surface area contributed by atoms with E-state index in [9.17, 15) is 4.79 Å². The predicted octanol–water partition coefficient (Wildman–Crippen LogP) is 1.35. The summed E-state index contributed by atoms with van der Waals surface area (Å²) >= 11 is 0. The fourth-order valence-corrected chi connectivity index (χ4v) is 2.01. The predicted molar refractivity (Wildman–Crippen MR) is 70.2 cm³/mol. The zero-order valence-electron chi connectivity index (χ0n) is 10.5. The molecule has 94 valence electrons. The molecular weight excluding hydrogens is 214 g/mol. The number of nitrogen functional groups attached to an aromatic ring is 1. The second kappa shape index (κ2) is 6.25. The van der Waals surface area contributed by atoms with Gasteiger partial charge in [-0.2, -0.15) is 0 Å². The SMILES string of the molecule is CCC(C(N)=O)N(CC)Cc1cccc(N)c1. The third-order valence-corrected chi connectivity index (χ3v) is 2.90. The number of hydrogen-bond acceptors (Lipinski definition) is 3. The molecule has 0 fully saturated rings. The zero-order valence-corrected chi connectivity index (χ0v) is 10.5. The van der Waals surface area contributed by atoms with E-state index in [4.69, 9.17) is 11.5 Å². The highest BCUT2D eigenvalue weighted by Gasteiger charge is 2.20. The fourth-order valence-electron chi connectivity index (χ4n) is 2.01. The lowest BCUT2D eigenvalue weighted by atomic mass is 10.1. The number of anilines is 1. The standard InChI is InChI=1S/C13H21N3O/c1-3-12(13(15)17)16(4-2)9-10-6-5-7-11(14)8-10/h5-8,12H,3-4,9,14H2,1-2H3,(H2,15,17). The Labute approximate surface area is 103 Å². The molecule has 0 radical (unpaired) electrons. The van der Waals surface area contributed by atoms with Crippen LogP contribution in [0.5, 0.6) is 0 Å². The van der Waals surface area contributed by atoms with Crippen molar-refractivity contribution >= 4 is 11.6 Å². The molecule has 0 saturated carbocycles. The average molecular weight is 235 g/mol. The molecule has 0 aliphatic carbocycles. The Bertz CT molecular complexity index is 379. The normalized spacial score (nSPS) is 12.6. The molecule has 4 nitrogen and oxygen atoms in total. The maximum Gasteiger partial charge on any atom is 0.234 e. The Hall–Kier alpha value is -1.55. The summed E-state index contributed by atoms with van der Waals surface area (Å²) in [7, 11) is 0. The van der Waals surface area contributed by atoms with Crippen LogP contribution in [-0.2, 0) is 11.3 Å². The van der Waals surface area contributed by atoms with Crippen molar-refractivity contribution in [3.8, 4) is 0 Å². The molecule has 0 bridgehead atoms. The number of amides is 1. The summed E-state index contributed by atoms with van der Waals surface area (Å²) in [6, 6.07) is 7.50. The van der Waals surface area contributed by atoms with Gasteiger partial charge in [0.15, 0.2) is 0 Å². The van der Waals surface area contributed by atoms with Crippen LogP contribution in [0.4, 0.5) is 5.69 Å². The van der Waals surface area contributed by atoms with Gasteiger partial charge in [0.05, 0.1) is 6.04 Å². The van der Waals surface area contributed by atoms with Crippen LogP contribution in [0.1, 0.15) is 25.8 Å². The van der Waals surface area contributed by atoms with E-state index in [1.165, 1.54) is 0 Å². The van der Waals surface area contributed by atoms with Crippen molar-refractivity contribution in [2.75, 3.05) is 12.3 Å². The summed E-state index contributed by atoms with van der Waals surface area (Å²) < 4.78 is 0. The van der Waals surface area contributed by atoms with Crippen LogP contribution >= 0.6 is 0 Å². The highest BCUT2D eigenvalue weighted by Crippen LogP contribution is 2.13. The first-order valence-corrected chi connectivity index (χ1v) is 5.96. The van der Waals surface area contributed by atoms with E-state index >= 15 is 0 Å². The first-order valence-electron chi connectivity index (χ1n) is 5.96. The summed E-state index contributed by atoms with van der Waals surface area (Å²) in [5, 5.41) is 0. The molecule has 0 saturated heterocycles. The molecule has 0 spiro atoms. The van der Waals surface area contributed by atoms with Gasteiger partial charge in [0.1, 0.15) is 0 Å². The summed E-state index contributed by atoms with van der Waals surface area (Å²) in [5.41, 5.74) is 13.0. The van der Waals surface area contributed by atoms with Crippen LogP contribution in [0.15, 0.2) is 24.3 Å². The lowest BCUT2D eigenvalue weighted by molar-refractivity contribution is -0.123. The Morgan fingerprint density at radius 2 is 2.12 bits per heavy atom. The Kier molecular flexibility index (Phi) is 4.97. The van der Waals surface area contributed by atoms with E-state index in [1.54, 1.807) is 0 Å². The van der Waals surface area contributed by atoms with Gasteiger partial charge in [-0.3, -0.25) is 9.69 Å². The van der Waals surface area contributed by atoms with Gasteiger partial charge in [-0.05, 0) is 30.7 Å². The largest absolute Gasteiger partial charge is 0.399 e. The highest BCUT2D eigenvalue weighted by atomic mass is 16.1. The van der Waals surface area contributed by atoms with Crippen LogP contribution in [0.3, 0.4) is 0 Å². The van der Waals surface area contributed by atoms with E-state index in [2.05, 4.69) is 4.90 Å². The van der Waals surface area contributed by atoms with E-state index in [0.717, 1.165) is 24.2 Å². The first-order chi connectivity index (χ1) is 8.08. The molecule has 1 aromatic rings. The molecule has 17 heavy (non-hydrogen) atoms. The number of benzene rings is 1. The number of primary amides is 1. The van der Waals surface area contributed by atoms with Crippen LogP contribution < -0.4 is 11.5 Å². The summed E-state index contributed by atoms with van der Waals surface area (Å²) in [6.45, 7) is 5.48. The molecule has 0 aliphatic rings. The van der Waals surface area contributed by atoms with Gasteiger partial charge in [-0.15, -0.1) is 0 Å². The van der Waals surface area contributed by atoms with Gasteiger partial charge in [0, 0.05) is 12.2 Å². The maximum atomic E-state index is 11.3. The smallest absolute Gasteiger partial charge is 0.234 e. The third-order valence-electron chi connectivity index (χ3n) is 2.90. The number of carbonyl (C=O) groups is 1. The lowest BCUT2D eigenvalue weighted by Gasteiger charge is -2.27.